The van der Waals surface area contributed by atoms with Crippen molar-refractivity contribution in [3.8, 4) is 11.1 Å². The summed E-state index contributed by atoms with van der Waals surface area (Å²) in [5.74, 6) is -0.111. The minimum absolute atomic E-state index is 0.0584. The van der Waals surface area contributed by atoms with Crippen LogP contribution in [0.2, 0.25) is 0 Å². The minimum Gasteiger partial charge on any atom is -0.395 e. The predicted molar refractivity (Wildman–Crippen MR) is 121 cm³/mol. The van der Waals surface area contributed by atoms with Crippen molar-refractivity contribution < 1.29 is 14.3 Å². The molecular weight excluding hydrogens is 397 g/mol. The highest BCUT2D eigenvalue weighted by molar-refractivity contribution is 6.03. The van der Waals surface area contributed by atoms with Crippen LogP contribution in [-0.4, -0.2) is 34.5 Å². The summed E-state index contributed by atoms with van der Waals surface area (Å²) in [6.07, 6.45) is 0. The van der Waals surface area contributed by atoms with Crippen LogP contribution >= 0.6 is 0 Å². The SMILES string of the molecule is Cc1ccc(F)c(NC(=O)N(CCO)c2ccc(-c3cccc4[nH]nc(N)c34)cc2)c1. The lowest BCUT2D eigenvalue weighted by Crippen LogP contribution is -2.37. The Labute approximate surface area is 178 Å². The van der Waals surface area contributed by atoms with E-state index >= 15 is 0 Å². The topological polar surface area (TPSA) is 107 Å². The molecule has 5 N–H and O–H groups in total. The quantitative estimate of drug-likeness (QED) is 0.387. The molecule has 4 aromatic rings. The van der Waals surface area contributed by atoms with Gasteiger partial charge in [-0.2, -0.15) is 5.10 Å². The summed E-state index contributed by atoms with van der Waals surface area (Å²) < 4.78 is 14.1. The number of H-pyrrole nitrogens is 1. The molecule has 0 radical (unpaired) electrons. The maximum Gasteiger partial charge on any atom is 0.326 e. The maximum absolute atomic E-state index is 14.1. The van der Waals surface area contributed by atoms with Gasteiger partial charge in [-0.05, 0) is 53.9 Å². The number of benzene rings is 3. The Hall–Kier alpha value is -3.91. The number of hydrogen-bond acceptors (Lipinski definition) is 4. The van der Waals surface area contributed by atoms with Crippen LogP contribution in [-0.2, 0) is 0 Å². The summed E-state index contributed by atoms with van der Waals surface area (Å²) in [5.41, 5.74) is 10.1. The number of aliphatic hydroxyl groups excluding tert-OH is 1. The number of aryl methyl sites for hydroxylation is 1. The molecule has 0 aliphatic carbocycles. The molecule has 0 atom stereocenters. The lowest BCUT2D eigenvalue weighted by Gasteiger charge is -2.23. The fourth-order valence-electron chi connectivity index (χ4n) is 3.52. The minimum atomic E-state index is -0.535. The highest BCUT2D eigenvalue weighted by atomic mass is 19.1. The second kappa shape index (κ2) is 8.45. The average molecular weight is 419 g/mol. The molecule has 0 saturated heterocycles. The molecule has 0 bridgehead atoms. The van der Waals surface area contributed by atoms with E-state index in [4.69, 9.17) is 5.73 Å². The van der Waals surface area contributed by atoms with Gasteiger partial charge in [0.05, 0.1) is 29.7 Å². The van der Waals surface area contributed by atoms with Crippen molar-refractivity contribution in [2.24, 2.45) is 0 Å². The number of halogens is 1. The average Bonchev–Trinajstić information content (AvgIpc) is 3.16. The van der Waals surface area contributed by atoms with E-state index in [2.05, 4.69) is 15.5 Å². The third-order valence-corrected chi connectivity index (χ3v) is 5.04. The molecular formula is C23H22FN5O2. The van der Waals surface area contributed by atoms with Gasteiger partial charge in [0.1, 0.15) is 5.82 Å². The van der Waals surface area contributed by atoms with Crippen molar-refractivity contribution in [3.63, 3.8) is 0 Å². The molecule has 0 aliphatic heterocycles. The molecule has 0 unspecified atom stereocenters. The first-order valence-electron chi connectivity index (χ1n) is 9.76. The summed E-state index contributed by atoms with van der Waals surface area (Å²) in [6.45, 7) is 1.63. The molecule has 31 heavy (non-hydrogen) atoms. The number of aromatic amines is 1. The third-order valence-electron chi connectivity index (χ3n) is 5.04. The van der Waals surface area contributed by atoms with E-state index in [1.165, 1.54) is 11.0 Å². The number of aromatic nitrogens is 2. The molecule has 4 rings (SSSR count). The second-order valence-electron chi connectivity index (χ2n) is 7.17. The summed E-state index contributed by atoms with van der Waals surface area (Å²) in [5, 5.41) is 19.8. The van der Waals surface area contributed by atoms with Crippen LogP contribution in [0.4, 0.5) is 26.4 Å². The number of urea groups is 1. The van der Waals surface area contributed by atoms with Crippen molar-refractivity contribution in [3.05, 3.63) is 72.0 Å². The van der Waals surface area contributed by atoms with E-state index in [1.54, 1.807) is 24.3 Å². The largest absolute Gasteiger partial charge is 0.395 e. The normalized spacial score (nSPS) is 10.9. The van der Waals surface area contributed by atoms with E-state index in [0.29, 0.717) is 11.5 Å². The van der Waals surface area contributed by atoms with Gasteiger partial charge in [-0.3, -0.25) is 10.00 Å². The van der Waals surface area contributed by atoms with E-state index in [-0.39, 0.29) is 18.8 Å². The Balaban J connectivity index is 1.62. The van der Waals surface area contributed by atoms with Crippen molar-refractivity contribution >= 4 is 34.1 Å². The monoisotopic (exact) mass is 419 g/mol. The number of carbonyl (C=O) groups excluding carboxylic acids is 1. The van der Waals surface area contributed by atoms with E-state index in [0.717, 1.165) is 27.6 Å². The van der Waals surface area contributed by atoms with Gasteiger partial charge >= 0.3 is 6.03 Å². The highest BCUT2D eigenvalue weighted by Crippen LogP contribution is 2.32. The van der Waals surface area contributed by atoms with Crippen LogP contribution in [0.5, 0.6) is 0 Å². The zero-order valence-electron chi connectivity index (χ0n) is 16.9. The maximum atomic E-state index is 14.1. The number of hydrogen-bond donors (Lipinski definition) is 4. The number of anilines is 3. The van der Waals surface area contributed by atoms with Gasteiger partial charge in [0.15, 0.2) is 5.82 Å². The molecule has 0 spiro atoms. The van der Waals surface area contributed by atoms with Crippen molar-refractivity contribution in [1.82, 2.24) is 10.2 Å². The van der Waals surface area contributed by atoms with Gasteiger partial charge in [-0.15, -0.1) is 0 Å². The van der Waals surface area contributed by atoms with Crippen LogP contribution in [0.15, 0.2) is 60.7 Å². The molecule has 8 heteroatoms. The number of amides is 2. The number of nitrogens with one attached hydrogen (secondary N) is 2. The summed E-state index contributed by atoms with van der Waals surface area (Å²) in [4.78, 5) is 14.2. The lowest BCUT2D eigenvalue weighted by molar-refractivity contribution is 0.252. The van der Waals surface area contributed by atoms with Crippen molar-refractivity contribution in [1.29, 1.82) is 0 Å². The molecule has 158 valence electrons. The smallest absolute Gasteiger partial charge is 0.326 e. The number of nitrogens with two attached hydrogens (primary N) is 1. The highest BCUT2D eigenvalue weighted by Gasteiger charge is 2.18. The zero-order valence-corrected chi connectivity index (χ0v) is 16.9. The van der Waals surface area contributed by atoms with Crippen molar-refractivity contribution in [2.75, 3.05) is 29.1 Å². The Kier molecular flexibility index (Phi) is 5.55. The summed E-state index contributed by atoms with van der Waals surface area (Å²) in [7, 11) is 0. The molecule has 0 fully saturated rings. The van der Waals surface area contributed by atoms with Crippen molar-refractivity contribution in [2.45, 2.75) is 6.92 Å². The van der Waals surface area contributed by atoms with Gasteiger partial charge in [0.25, 0.3) is 0 Å². The van der Waals surface area contributed by atoms with Gasteiger partial charge in [-0.1, -0.05) is 30.3 Å². The Morgan fingerprint density at radius 3 is 2.71 bits per heavy atom. The molecule has 7 nitrogen and oxygen atoms in total. The van der Waals surface area contributed by atoms with Gasteiger partial charge in [0.2, 0.25) is 0 Å². The van der Waals surface area contributed by atoms with Crippen LogP contribution < -0.4 is 16.0 Å². The number of rotatable bonds is 5. The Morgan fingerprint density at radius 2 is 1.97 bits per heavy atom. The fraction of sp³-hybridized carbons (Fsp3) is 0.130. The lowest BCUT2D eigenvalue weighted by atomic mass is 10.0. The molecule has 0 saturated carbocycles. The number of nitrogens with zero attached hydrogens (tertiary/aromatic N) is 2. The Morgan fingerprint density at radius 1 is 1.19 bits per heavy atom. The van der Waals surface area contributed by atoms with E-state index in [9.17, 15) is 14.3 Å². The predicted octanol–water partition coefficient (Wildman–Crippen LogP) is 4.29. The van der Waals surface area contributed by atoms with Crippen LogP contribution in [0.25, 0.3) is 22.0 Å². The molecule has 0 aliphatic rings. The number of aliphatic hydroxyl groups is 1. The molecule has 1 heterocycles. The number of fused-ring (bicyclic) bond motifs is 1. The van der Waals surface area contributed by atoms with Crippen LogP contribution in [0.1, 0.15) is 5.56 Å². The molecule has 1 aromatic heterocycles. The Bertz CT molecular complexity index is 1240. The third kappa shape index (κ3) is 4.06. The number of carbonyl (C=O) groups is 1. The second-order valence-corrected chi connectivity index (χ2v) is 7.17. The van der Waals surface area contributed by atoms with Gasteiger partial charge < -0.3 is 16.2 Å². The van der Waals surface area contributed by atoms with Gasteiger partial charge in [0, 0.05) is 5.69 Å². The first kappa shape index (κ1) is 20.4. The fourth-order valence-corrected chi connectivity index (χ4v) is 3.52. The van der Waals surface area contributed by atoms with E-state index < -0.39 is 11.8 Å². The molecule has 2 amide bonds. The first-order valence-corrected chi connectivity index (χ1v) is 9.76. The summed E-state index contributed by atoms with van der Waals surface area (Å²) >= 11 is 0. The molecule has 3 aromatic carbocycles. The van der Waals surface area contributed by atoms with Crippen LogP contribution in [0, 0.1) is 12.7 Å². The zero-order chi connectivity index (χ0) is 22.0. The van der Waals surface area contributed by atoms with E-state index in [1.807, 2.05) is 37.3 Å². The summed E-state index contributed by atoms with van der Waals surface area (Å²) in [6, 6.07) is 17.0. The number of nitrogen functional groups attached to an aromatic ring is 1. The van der Waals surface area contributed by atoms with Gasteiger partial charge in [-0.25, -0.2) is 9.18 Å². The standard InChI is InChI=1S/C23H22FN5O2/c1-14-5-10-18(24)20(13-14)26-23(31)29(11-12-30)16-8-6-15(7-9-16)17-3-2-4-19-21(17)22(25)28-27-19/h2-10,13,30H,11-12H2,1H3,(H,26,31)(H3,25,27,28). The van der Waals surface area contributed by atoms with Crippen LogP contribution in [0.3, 0.4) is 0 Å². The first-order chi connectivity index (χ1) is 15.0.